The fourth-order valence-corrected chi connectivity index (χ4v) is 3.87. The van der Waals surface area contributed by atoms with Crippen LogP contribution in [0.4, 0.5) is 0 Å². The molecule has 2 aromatic rings. The molecule has 0 bridgehead atoms. The van der Waals surface area contributed by atoms with Gasteiger partial charge in [-0.25, -0.2) is 4.98 Å². The Hall–Kier alpha value is -1.30. The summed E-state index contributed by atoms with van der Waals surface area (Å²) in [5.74, 6) is 0. The van der Waals surface area contributed by atoms with E-state index in [0.29, 0.717) is 6.04 Å². The lowest BCUT2D eigenvalue weighted by atomic mass is 10.0. The third-order valence-electron chi connectivity index (χ3n) is 4.94. The number of nitrogens with zero attached hydrogens (tertiary/aromatic N) is 3. The van der Waals surface area contributed by atoms with E-state index in [9.17, 15) is 0 Å². The molecule has 2 heterocycles. The molecule has 0 amide bonds. The molecule has 1 aliphatic rings. The molecule has 1 aromatic heterocycles. The number of hydrogen-bond acceptors (Lipinski definition) is 4. The summed E-state index contributed by atoms with van der Waals surface area (Å²) in [5, 5.41) is 4.80. The van der Waals surface area contributed by atoms with Gasteiger partial charge in [-0.3, -0.25) is 0 Å². The van der Waals surface area contributed by atoms with E-state index in [1.54, 1.807) is 11.8 Å². The van der Waals surface area contributed by atoms with E-state index in [0.717, 1.165) is 18.1 Å². The molecule has 0 saturated carbocycles. The van der Waals surface area contributed by atoms with Gasteiger partial charge in [-0.05, 0) is 44.2 Å². The van der Waals surface area contributed by atoms with Crippen molar-refractivity contribution < 1.29 is 0 Å². The summed E-state index contributed by atoms with van der Waals surface area (Å²) in [4.78, 5) is 7.04. The van der Waals surface area contributed by atoms with Gasteiger partial charge >= 0.3 is 0 Å². The number of rotatable bonds is 7. The van der Waals surface area contributed by atoms with E-state index in [-0.39, 0.29) is 0 Å². The van der Waals surface area contributed by atoms with Crippen LogP contribution in [0.25, 0.3) is 0 Å². The van der Waals surface area contributed by atoms with Crippen molar-refractivity contribution in [3.8, 4) is 0 Å². The maximum Gasteiger partial charge on any atom is 0.167 e. The van der Waals surface area contributed by atoms with Gasteiger partial charge in [-0.15, -0.1) is 0 Å². The Morgan fingerprint density at radius 3 is 2.62 bits per heavy atom. The van der Waals surface area contributed by atoms with Crippen molar-refractivity contribution in [1.29, 1.82) is 0 Å². The molecule has 3 rings (SSSR count). The van der Waals surface area contributed by atoms with E-state index < -0.39 is 0 Å². The molecule has 1 N–H and O–H groups in total. The zero-order valence-electron chi connectivity index (χ0n) is 14.7. The minimum absolute atomic E-state index is 0.630. The summed E-state index contributed by atoms with van der Waals surface area (Å²) in [6.45, 7) is 4.49. The molecule has 1 saturated heterocycles. The maximum absolute atomic E-state index is 4.44. The zero-order chi connectivity index (χ0) is 16.8. The fourth-order valence-electron chi connectivity index (χ4n) is 3.32. The lowest BCUT2D eigenvalue weighted by molar-refractivity contribution is 0.198. The first kappa shape index (κ1) is 17.5. The standard InChI is InChI=1S/C19H28N4S/c1-22-18(15-21-19(22)24-2)14-20-17-9-12-23(13-10-17)11-8-16-6-4-3-5-7-16/h3-7,15,17,20H,8-14H2,1-2H3. The first-order chi connectivity index (χ1) is 11.8. The van der Waals surface area contributed by atoms with Crippen molar-refractivity contribution in [2.24, 2.45) is 7.05 Å². The summed E-state index contributed by atoms with van der Waals surface area (Å²) >= 11 is 1.70. The monoisotopic (exact) mass is 344 g/mol. The van der Waals surface area contributed by atoms with Crippen molar-refractivity contribution in [2.75, 3.05) is 25.9 Å². The fraction of sp³-hybridized carbons (Fsp3) is 0.526. The number of thioether (sulfide) groups is 1. The van der Waals surface area contributed by atoms with Crippen LogP contribution in [0.2, 0.25) is 0 Å². The first-order valence-electron chi connectivity index (χ1n) is 8.80. The molecule has 1 aromatic carbocycles. The van der Waals surface area contributed by atoms with Crippen LogP contribution in [0.15, 0.2) is 41.7 Å². The van der Waals surface area contributed by atoms with Crippen LogP contribution in [0.1, 0.15) is 24.1 Å². The Morgan fingerprint density at radius 2 is 1.96 bits per heavy atom. The smallest absolute Gasteiger partial charge is 0.167 e. The third-order valence-corrected chi connectivity index (χ3v) is 5.69. The van der Waals surface area contributed by atoms with Gasteiger partial charge in [0.15, 0.2) is 5.16 Å². The number of piperidine rings is 1. The van der Waals surface area contributed by atoms with Crippen LogP contribution in [-0.2, 0) is 20.0 Å². The van der Waals surface area contributed by atoms with Crippen LogP contribution < -0.4 is 5.32 Å². The average molecular weight is 345 g/mol. The number of likely N-dealkylation sites (tertiary alicyclic amines) is 1. The van der Waals surface area contributed by atoms with Gasteiger partial charge in [0.05, 0.1) is 11.9 Å². The lowest BCUT2D eigenvalue weighted by Crippen LogP contribution is -2.43. The molecular weight excluding hydrogens is 316 g/mol. The Balaban J connectivity index is 1.38. The normalized spacial score (nSPS) is 16.6. The Kier molecular flexibility index (Phi) is 6.35. The second-order valence-corrected chi connectivity index (χ2v) is 7.30. The van der Waals surface area contributed by atoms with Gasteiger partial charge < -0.3 is 14.8 Å². The van der Waals surface area contributed by atoms with Gasteiger partial charge in [0.1, 0.15) is 0 Å². The van der Waals surface area contributed by atoms with Gasteiger partial charge in [-0.1, -0.05) is 42.1 Å². The highest BCUT2D eigenvalue weighted by Crippen LogP contribution is 2.15. The minimum atomic E-state index is 0.630. The van der Waals surface area contributed by atoms with Crippen LogP contribution in [0.5, 0.6) is 0 Å². The van der Waals surface area contributed by atoms with Crippen LogP contribution >= 0.6 is 11.8 Å². The number of aromatic nitrogens is 2. The molecular formula is C19H28N4S. The summed E-state index contributed by atoms with van der Waals surface area (Å²) in [6, 6.07) is 11.4. The highest BCUT2D eigenvalue weighted by Gasteiger charge is 2.19. The first-order valence-corrected chi connectivity index (χ1v) is 10.0. The number of imidazole rings is 1. The Bertz CT molecular complexity index is 618. The molecule has 24 heavy (non-hydrogen) atoms. The van der Waals surface area contributed by atoms with E-state index in [4.69, 9.17) is 0 Å². The van der Waals surface area contributed by atoms with Crippen molar-refractivity contribution >= 4 is 11.8 Å². The second kappa shape index (κ2) is 8.70. The molecule has 0 atom stereocenters. The summed E-state index contributed by atoms with van der Waals surface area (Å²) < 4.78 is 2.19. The summed E-state index contributed by atoms with van der Waals surface area (Å²) in [7, 11) is 2.10. The molecule has 0 aliphatic carbocycles. The average Bonchev–Trinajstić information content (AvgIpc) is 3.00. The molecule has 0 radical (unpaired) electrons. The summed E-state index contributed by atoms with van der Waals surface area (Å²) in [6.07, 6.45) is 7.70. The summed E-state index contributed by atoms with van der Waals surface area (Å²) in [5.41, 5.74) is 2.71. The highest BCUT2D eigenvalue weighted by atomic mass is 32.2. The lowest BCUT2D eigenvalue weighted by Gasteiger charge is -2.32. The quantitative estimate of drug-likeness (QED) is 0.783. The van der Waals surface area contributed by atoms with Crippen LogP contribution in [-0.4, -0.2) is 46.4 Å². The Labute approximate surface area is 149 Å². The van der Waals surface area contributed by atoms with E-state index >= 15 is 0 Å². The molecule has 130 valence electrons. The van der Waals surface area contributed by atoms with Crippen LogP contribution in [0.3, 0.4) is 0 Å². The number of benzene rings is 1. The second-order valence-electron chi connectivity index (χ2n) is 6.53. The maximum atomic E-state index is 4.44. The van der Waals surface area contributed by atoms with Gasteiger partial charge in [0.2, 0.25) is 0 Å². The predicted octanol–water partition coefficient (Wildman–Crippen LogP) is 2.94. The largest absolute Gasteiger partial charge is 0.325 e. The van der Waals surface area contributed by atoms with Crippen molar-refractivity contribution in [3.05, 3.63) is 47.8 Å². The van der Waals surface area contributed by atoms with Gasteiger partial charge in [0.25, 0.3) is 0 Å². The van der Waals surface area contributed by atoms with Crippen LogP contribution in [0, 0.1) is 0 Å². The predicted molar refractivity (Wildman–Crippen MR) is 101 cm³/mol. The SMILES string of the molecule is CSc1ncc(CNC2CCN(CCc3ccccc3)CC2)n1C. The minimum Gasteiger partial charge on any atom is -0.325 e. The number of hydrogen-bond donors (Lipinski definition) is 1. The third kappa shape index (κ3) is 4.62. The molecule has 1 fully saturated rings. The molecule has 1 aliphatic heterocycles. The zero-order valence-corrected chi connectivity index (χ0v) is 15.6. The number of nitrogens with one attached hydrogen (secondary N) is 1. The molecule has 0 unspecified atom stereocenters. The van der Waals surface area contributed by atoms with E-state index in [1.165, 1.54) is 43.7 Å². The van der Waals surface area contributed by atoms with E-state index in [1.807, 2.05) is 6.20 Å². The molecule has 4 nitrogen and oxygen atoms in total. The van der Waals surface area contributed by atoms with Crippen molar-refractivity contribution in [2.45, 2.75) is 37.0 Å². The molecule has 5 heteroatoms. The Morgan fingerprint density at radius 1 is 1.21 bits per heavy atom. The topological polar surface area (TPSA) is 33.1 Å². The van der Waals surface area contributed by atoms with E-state index in [2.05, 4.69) is 63.4 Å². The van der Waals surface area contributed by atoms with Gasteiger partial charge in [0, 0.05) is 26.2 Å². The molecule has 0 spiro atoms. The van der Waals surface area contributed by atoms with Crippen molar-refractivity contribution in [3.63, 3.8) is 0 Å². The van der Waals surface area contributed by atoms with Gasteiger partial charge in [-0.2, -0.15) is 0 Å². The van der Waals surface area contributed by atoms with Crippen molar-refractivity contribution in [1.82, 2.24) is 19.8 Å². The highest BCUT2D eigenvalue weighted by molar-refractivity contribution is 7.98.